The molecule has 0 aliphatic heterocycles. The largest absolute Gasteiger partial charge is 0.383 e. The molecule has 96 valence electrons. The monoisotopic (exact) mass is 246 g/mol. The van der Waals surface area contributed by atoms with Gasteiger partial charge in [-0.15, -0.1) is 0 Å². The van der Waals surface area contributed by atoms with Crippen molar-refractivity contribution in [1.82, 2.24) is 9.88 Å². The minimum atomic E-state index is 0.0588. The van der Waals surface area contributed by atoms with Gasteiger partial charge < -0.3 is 10.2 Å². The Hall–Kier alpha value is -2.09. The van der Waals surface area contributed by atoms with Gasteiger partial charge in [0, 0.05) is 32.8 Å². The van der Waals surface area contributed by atoms with Gasteiger partial charge in [0.1, 0.15) is 6.07 Å². The Balaban J connectivity index is 2.74. The number of anilines is 1. The molecule has 18 heavy (non-hydrogen) atoms. The summed E-state index contributed by atoms with van der Waals surface area (Å²) >= 11 is 0. The Labute approximate surface area is 107 Å². The van der Waals surface area contributed by atoms with E-state index in [4.69, 9.17) is 5.26 Å². The van der Waals surface area contributed by atoms with E-state index < -0.39 is 0 Å². The Kier molecular flexibility index (Phi) is 4.67. The van der Waals surface area contributed by atoms with Gasteiger partial charge in [0.15, 0.2) is 0 Å². The summed E-state index contributed by atoms with van der Waals surface area (Å²) in [4.78, 5) is 17.2. The number of hydrogen-bond acceptors (Lipinski definition) is 4. The lowest BCUT2D eigenvalue weighted by atomic mass is 10.1. The molecule has 1 rings (SSSR count). The predicted octanol–water partition coefficient (Wildman–Crippen LogP) is 1.46. The van der Waals surface area contributed by atoms with Gasteiger partial charge >= 0.3 is 0 Å². The summed E-state index contributed by atoms with van der Waals surface area (Å²) in [5.74, 6) is 0.0588. The maximum absolute atomic E-state index is 11.4. The van der Waals surface area contributed by atoms with E-state index in [-0.39, 0.29) is 5.91 Å². The number of aryl methyl sites for hydroxylation is 2. The van der Waals surface area contributed by atoms with Crippen molar-refractivity contribution in [3.63, 3.8) is 0 Å². The van der Waals surface area contributed by atoms with Crippen molar-refractivity contribution >= 4 is 11.6 Å². The molecule has 0 unspecified atom stereocenters. The van der Waals surface area contributed by atoms with Crippen molar-refractivity contribution < 1.29 is 4.79 Å². The molecular weight excluding hydrogens is 228 g/mol. The van der Waals surface area contributed by atoms with E-state index in [9.17, 15) is 4.79 Å². The van der Waals surface area contributed by atoms with Gasteiger partial charge in [-0.1, -0.05) is 0 Å². The van der Waals surface area contributed by atoms with E-state index in [1.54, 1.807) is 19.0 Å². The molecule has 1 aromatic rings. The summed E-state index contributed by atoms with van der Waals surface area (Å²) in [6, 6.07) is 3.96. The average molecular weight is 246 g/mol. The van der Waals surface area contributed by atoms with E-state index in [1.807, 2.05) is 19.9 Å². The van der Waals surface area contributed by atoms with Crippen LogP contribution in [0.3, 0.4) is 0 Å². The topological polar surface area (TPSA) is 69.0 Å². The molecular formula is C13H18N4O. The van der Waals surface area contributed by atoms with Crippen LogP contribution < -0.4 is 5.32 Å². The smallest absolute Gasteiger partial charge is 0.223 e. The van der Waals surface area contributed by atoms with E-state index >= 15 is 0 Å². The molecule has 0 spiro atoms. The zero-order chi connectivity index (χ0) is 13.7. The minimum absolute atomic E-state index is 0.0588. The molecule has 0 fully saturated rings. The number of pyridine rings is 1. The lowest BCUT2D eigenvalue weighted by Gasteiger charge is -2.13. The number of nitrogens with one attached hydrogen (secondary N) is 1. The first-order valence-corrected chi connectivity index (χ1v) is 5.78. The SMILES string of the molecule is Cc1cc(NCCC(=O)N(C)C)c(C#N)c(C)n1. The summed E-state index contributed by atoms with van der Waals surface area (Å²) in [5.41, 5.74) is 2.85. The van der Waals surface area contributed by atoms with Crippen LogP contribution in [-0.4, -0.2) is 36.4 Å². The van der Waals surface area contributed by atoms with Crippen LogP contribution in [0.1, 0.15) is 23.4 Å². The highest BCUT2D eigenvalue weighted by atomic mass is 16.2. The molecule has 0 aromatic carbocycles. The maximum atomic E-state index is 11.4. The number of hydrogen-bond donors (Lipinski definition) is 1. The van der Waals surface area contributed by atoms with Crippen LogP contribution in [0.15, 0.2) is 6.07 Å². The highest BCUT2D eigenvalue weighted by Gasteiger charge is 2.09. The molecule has 0 aliphatic carbocycles. The molecule has 1 aromatic heterocycles. The van der Waals surface area contributed by atoms with E-state index in [0.717, 1.165) is 11.4 Å². The fraction of sp³-hybridized carbons (Fsp3) is 0.462. The second-order valence-electron chi connectivity index (χ2n) is 4.35. The zero-order valence-corrected chi connectivity index (χ0v) is 11.2. The molecule has 0 saturated heterocycles. The predicted molar refractivity (Wildman–Crippen MR) is 70.2 cm³/mol. The summed E-state index contributed by atoms with van der Waals surface area (Å²) in [6.45, 7) is 4.20. The molecule has 0 atom stereocenters. The van der Waals surface area contributed by atoms with Crippen molar-refractivity contribution in [2.24, 2.45) is 0 Å². The van der Waals surface area contributed by atoms with Gasteiger partial charge in [-0.2, -0.15) is 5.26 Å². The average Bonchev–Trinajstić information content (AvgIpc) is 2.28. The summed E-state index contributed by atoms with van der Waals surface area (Å²) < 4.78 is 0. The van der Waals surface area contributed by atoms with Gasteiger partial charge in [0.05, 0.1) is 16.9 Å². The van der Waals surface area contributed by atoms with Crippen molar-refractivity contribution in [1.29, 1.82) is 5.26 Å². The third-order valence-corrected chi connectivity index (χ3v) is 2.59. The van der Waals surface area contributed by atoms with E-state index in [1.165, 1.54) is 0 Å². The highest BCUT2D eigenvalue weighted by molar-refractivity contribution is 5.76. The van der Waals surface area contributed by atoms with Crippen LogP contribution in [0.2, 0.25) is 0 Å². The molecule has 0 aliphatic rings. The van der Waals surface area contributed by atoms with Crippen LogP contribution >= 0.6 is 0 Å². The number of nitriles is 1. The third kappa shape index (κ3) is 3.45. The Morgan fingerprint density at radius 2 is 2.17 bits per heavy atom. The number of aromatic nitrogens is 1. The van der Waals surface area contributed by atoms with Gasteiger partial charge in [-0.05, 0) is 19.9 Å². The van der Waals surface area contributed by atoms with Crippen molar-refractivity contribution in [3.8, 4) is 6.07 Å². The maximum Gasteiger partial charge on any atom is 0.223 e. The van der Waals surface area contributed by atoms with E-state index in [2.05, 4.69) is 16.4 Å². The van der Waals surface area contributed by atoms with Gasteiger partial charge in [0.25, 0.3) is 0 Å². The second kappa shape index (κ2) is 6.01. The van der Waals surface area contributed by atoms with Crippen molar-refractivity contribution in [3.05, 3.63) is 23.0 Å². The summed E-state index contributed by atoms with van der Waals surface area (Å²) in [6.07, 6.45) is 0.401. The van der Waals surface area contributed by atoms with Gasteiger partial charge in [-0.25, -0.2) is 0 Å². The fourth-order valence-electron chi connectivity index (χ4n) is 1.64. The second-order valence-corrected chi connectivity index (χ2v) is 4.35. The number of carbonyl (C=O) groups excluding carboxylic acids is 1. The first kappa shape index (κ1) is 14.0. The number of carbonyl (C=O) groups is 1. The van der Waals surface area contributed by atoms with Crippen molar-refractivity contribution in [2.45, 2.75) is 20.3 Å². The van der Waals surface area contributed by atoms with Crippen LogP contribution in [0.4, 0.5) is 5.69 Å². The molecule has 1 N–H and O–H groups in total. The summed E-state index contributed by atoms with van der Waals surface area (Å²) in [7, 11) is 3.45. The van der Waals surface area contributed by atoms with Crippen LogP contribution in [0, 0.1) is 25.2 Å². The standard InChI is InChI=1S/C13H18N4O/c1-9-7-12(11(8-14)10(2)16-9)15-6-5-13(18)17(3)4/h7H,5-6H2,1-4H3,(H,15,16). The van der Waals surface area contributed by atoms with Gasteiger partial charge in [0.2, 0.25) is 5.91 Å². The van der Waals surface area contributed by atoms with Crippen LogP contribution in [0.25, 0.3) is 0 Å². The lowest BCUT2D eigenvalue weighted by Crippen LogP contribution is -2.24. The molecule has 1 amide bonds. The number of rotatable bonds is 4. The van der Waals surface area contributed by atoms with Crippen LogP contribution in [-0.2, 0) is 4.79 Å². The number of nitrogens with zero attached hydrogens (tertiary/aromatic N) is 3. The Bertz CT molecular complexity index is 488. The fourth-order valence-corrected chi connectivity index (χ4v) is 1.64. The molecule has 0 radical (unpaired) electrons. The molecule has 5 nitrogen and oxygen atoms in total. The quantitative estimate of drug-likeness (QED) is 0.873. The van der Waals surface area contributed by atoms with Crippen molar-refractivity contribution in [2.75, 3.05) is 26.0 Å². The zero-order valence-electron chi connectivity index (χ0n) is 11.2. The lowest BCUT2D eigenvalue weighted by molar-refractivity contribution is -0.128. The minimum Gasteiger partial charge on any atom is -0.383 e. The van der Waals surface area contributed by atoms with E-state index in [0.29, 0.717) is 24.2 Å². The molecule has 5 heteroatoms. The molecule has 0 bridgehead atoms. The first-order valence-electron chi connectivity index (χ1n) is 5.78. The summed E-state index contributed by atoms with van der Waals surface area (Å²) in [5, 5.41) is 12.2. The molecule has 0 saturated carbocycles. The van der Waals surface area contributed by atoms with Gasteiger partial charge in [-0.3, -0.25) is 9.78 Å². The molecule has 1 heterocycles. The normalized spacial score (nSPS) is 9.72. The third-order valence-electron chi connectivity index (χ3n) is 2.59. The Morgan fingerprint density at radius 3 is 2.72 bits per heavy atom. The highest BCUT2D eigenvalue weighted by Crippen LogP contribution is 2.18. The first-order chi connectivity index (χ1) is 8.45. The Morgan fingerprint density at radius 1 is 1.50 bits per heavy atom. The number of amides is 1. The van der Waals surface area contributed by atoms with Crippen LogP contribution in [0.5, 0.6) is 0 Å².